The smallest absolute Gasteiger partial charge is 0.313 e. The number of ether oxygens (including phenoxy) is 1. The van der Waals surface area contributed by atoms with E-state index in [1.165, 1.54) is 6.07 Å². The van der Waals surface area contributed by atoms with Crippen LogP contribution in [-0.2, 0) is 16.1 Å². The average Bonchev–Trinajstić information content (AvgIpc) is 2.46. The second-order valence-corrected chi connectivity index (χ2v) is 5.10. The van der Waals surface area contributed by atoms with Crippen molar-refractivity contribution >= 4 is 17.7 Å². The van der Waals surface area contributed by atoms with Crippen LogP contribution >= 0.6 is 11.8 Å². The summed E-state index contributed by atoms with van der Waals surface area (Å²) < 4.78 is 6.85. The van der Waals surface area contributed by atoms with E-state index in [1.54, 1.807) is 17.9 Å². The van der Waals surface area contributed by atoms with Crippen LogP contribution in [0.15, 0.2) is 46.5 Å². The van der Waals surface area contributed by atoms with Gasteiger partial charge in [-0.1, -0.05) is 30.0 Å². The van der Waals surface area contributed by atoms with Gasteiger partial charge in [0.2, 0.25) is 0 Å². The van der Waals surface area contributed by atoms with Gasteiger partial charge >= 0.3 is 5.97 Å². The minimum Gasteiger partial charge on any atom is -0.481 e. The van der Waals surface area contributed by atoms with E-state index in [0.29, 0.717) is 11.8 Å². The number of aliphatic carboxylic acids is 1. The van der Waals surface area contributed by atoms with Crippen molar-refractivity contribution in [1.29, 1.82) is 0 Å². The maximum absolute atomic E-state index is 11.4. The van der Waals surface area contributed by atoms with Gasteiger partial charge in [-0.25, -0.2) is 0 Å². The molecule has 1 aromatic heterocycles. The first-order valence-corrected chi connectivity index (χ1v) is 7.12. The second kappa shape index (κ2) is 7.05. The molecule has 2 rings (SSSR count). The third-order valence-corrected chi connectivity index (χ3v) is 3.59. The Balaban J connectivity index is 2.48. The number of carboxylic acid groups (broad SMARTS) is 1. The molecule has 0 aliphatic rings. The summed E-state index contributed by atoms with van der Waals surface area (Å²) in [5, 5.41) is 9.13. The first-order chi connectivity index (χ1) is 10.1. The lowest BCUT2D eigenvalue weighted by Crippen LogP contribution is -2.14. The molecule has 110 valence electrons. The Morgan fingerprint density at radius 2 is 2.14 bits per heavy atom. The maximum atomic E-state index is 11.4. The third kappa shape index (κ3) is 3.93. The highest BCUT2D eigenvalue weighted by molar-refractivity contribution is 7.99. The molecular formula is C14H14N2O4S. The van der Waals surface area contributed by atoms with Crippen LogP contribution in [0.25, 0.3) is 5.69 Å². The minimum atomic E-state index is -0.963. The van der Waals surface area contributed by atoms with Crippen LogP contribution < -0.4 is 5.56 Å². The number of thioether (sulfide) groups is 1. The number of carbonyl (C=O) groups is 1. The molecule has 1 heterocycles. The number of carboxylic acids is 1. The number of hydrogen-bond donors (Lipinski definition) is 1. The van der Waals surface area contributed by atoms with Gasteiger partial charge in [0, 0.05) is 24.9 Å². The summed E-state index contributed by atoms with van der Waals surface area (Å²) in [6.07, 6.45) is 1.59. The van der Waals surface area contributed by atoms with E-state index in [2.05, 4.69) is 4.98 Å². The molecule has 0 unspecified atom stereocenters. The fourth-order valence-electron chi connectivity index (χ4n) is 1.82. The molecule has 0 bridgehead atoms. The SMILES string of the molecule is COCc1ccccc1-n1ccc(=O)nc1SCC(=O)O. The molecule has 0 saturated carbocycles. The van der Waals surface area contributed by atoms with Crippen LogP contribution in [0.1, 0.15) is 5.56 Å². The van der Waals surface area contributed by atoms with Crippen LogP contribution in [0.4, 0.5) is 0 Å². The number of benzene rings is 1. The van der Waals surface area contributed by atoms with Crippen LogP contribution in [0.3, 0.4) is 0 Å². The molecule has 0 spiro atoms. The van der Waals surface area contributed by atoms with Crippen molar-refractivity contribution in [3.63, 3.8) is 0 Å². The molecule has 7 heteroatoms. The summed E-state index contributed by atoms with van der Waals surface area (Å²) in [5.41, 5.74) is 1.32. The number of nitrogens with zero attached hydrogens (tertiary/aromatic N) is 2. The molecule has 0 amide bonds. The Kier molecular flexibility index (Phi) is 5.13. The quantitative estimate of drug-likeness (QED) is 0.644. The van der Waals surface area contributed by atoms with Gasteiger partial charge in [0.15, 0.2) is 5.16 Å². The normalized spacial score (nSPS) is 10.5. The van der Waals surface area contributed by atoms with Crippen molar-refractivity contribution in [3.8, 4) is 5.69 Å². The Bertz CT molecular complexity index is 699. The molecule has 0 radical (unpaired) electrons. The molecule has 2 aromatic rings. The zero-order valence-corrected chi connectivity index (χ0v) is 12.2. The van der Waals surface area contributed by atoms with Crippen molar-refractivity contribution in [1.82, 2.24) is 9.55 Å². The highest BCUT2D eigenvalue weighted by Gasteiger charge is 2.11. The fraction of sp³-hybridized carbons (Fsp3) is 0.214. The van der Waals surface area contributed by atoms with E-state index in [9.17, 15) is 9.59 Å². The Labute approximate surface area is 125 Å². The molecule has 1 aromatic carbocycles. The predicted octanol–water partition coefficient (Wildman–Crippen LogP) is 1.56. The average molecular weight is 306 g/mol. The van der Waals surface area contributed by atoms with E-state index in [1.807, 2.05) is 24.3 Å². The first kappa shape index (κ1) is 15.3. The largest absolute Gasteiger partial charge is 0.481 e. The maximum Gasteiger partial charge on any atom is 0.313 e. The number of rotatable bonds is 6. The predicted molar refractivity (Wildman–Crippen MR) is 78.9 cm³/mol. The zero-order chi connectivity index (χ0) is 15.2. The lowest BCUT2D eigenvalue weighted by atomic mass is 10.2. The van der Waals surface area contributed by atoms with E-state index >= 15 is 0 Å². The molecule has 0 aliphatic carbocycles. The summed E-state index contributed by atoms with van der Waals surface area (Å²) in [7, 11) is 1.60. The van der Waals surface area contributed by atoms with Crippen molar-refractivity contribution in [2.75, 3.05) is 12.9 Å². The monoisotopic (exact) mass is 306 g/mol. The molecule has 0 atom stereocenters. The summed E-state index contributed by atoms with van der Waals surface area (Å²) in [5.74, 6) is -1.13. The second-order valence-electron chi connectivity index (χ2n) is 4.16. The fourth-order valence-corrected chi connectivity index (χ4v) is 2.53. The van der Waals surface area contributed by atoms with E-state index < -0.39 is 11.5 Å². The van der Waals surface area contributed by atoms with Gasteiger partial charge in [-0.05, 0) is 6.07 Å². The van der Waals surface area contributed by atoms with Gasteiger partial charge in [-0.15, -0.1) is 0 Å². The molecule has 1 N–H and O–H groups in total. The van der Waals surface area contributed by atoms with Crippen LogP contribution in [-0.4, -0.2) is 33.5 Å². The summed E-state index contributed by atoms with van der Waals surface area (Å²) in [6, 6.07) is 8.86. The number of methoxy groups -OCH3 is 1. The topological polar surface area (TPSA) is 81.4 Å². The van der Waals surface area contributed by atoms with E-state index in [0.717, 1.165) is 23.0 Å². The van der Waals surface area contributed by atoms with Gasteiger partial charge in [-0.3, -0.25) is 14.2 Å². The summed E-state index contributed by atoms with van der Waals surface area (Å²) in [6.45, 7) is 0.408. The molecule has 6 nitrogen and oxygen atoms in total. The summed E-state index contributed by atoms with van der Waals surface area (Å²) in [4.78, 5) is 26.0. The zero-order valence-electron chi connectivity index (χ0n) is 11.4. The Morgan fingerprint density at radius 1 is 1.38 bits per heavy atom. The standard InChI is InChI=1S/C14H14N2O4S/c1-20-8-10-4-2-3-5-11(10)16-7-6-12(17)15-14(16)21-9-13(18)19/h2-7H,8-9H2,1H3,(H,18,19). The summed E-state index contributed by atoms with van der Waals surface area (Å²) >= 11 is 1.00. The highest BCUT2D eigenvalue weighted by atomic mass is 32.2. The molecule has 0 fully saturated rings. The molecular weight excluding hydrogens is 292 g/mol. The van der Waals surface area contributed by atoms with Crippen LogP contribution in [0, 0.1) is 0 Å². The van der Waals surface area contributed by atoms with Gasteiger partial charge in [0.25, 0.3) is 5.56 Å². The van der Waals surface area contributed by atoms with Crippen molar-refractivity contribution in [2.45, 2.75) is 11.8 Å². The van der Waals surface area contributed by atoms with Gasteiger partial charge in [0.1, 0.15) is 0 Å². The van der Waals surface area contributed by atoms with Gasteiger partial charge < -0.3 is 9.84 Å². The van der Waals surface area contributed by atoms with Crippen LogP contribution in [0.5, 0.6) is 0 Å². The van der Waals surface area contributed by atoms with Crippen molar-refractivity contribution < 1.29 is 14.6 Å². The Hall–Kier alpha value is -2.12. The van der Waals surface area contributed by atoms with E-state index in [-0.39, 0.29) is 5.75 Å². The molecule has 21 heavy (non-hydrogen) atoms. The van der Waals surface area contributed by atoms with Crippen LogP contribution in [0.2, 0.25) is 0 Å². The third-order valence-electron chi connectivity index (χ3n) is 2.65. The number of aromatic nitrogens is 2. The Morgan fingerprint density at radius 3 is 2.86 bits per heavy atom. The molecule has 0 saturated heterocycles. The molecule has 0 aliphatic heterocycles. The number of hydrogen-bond acceptors (Lipinski definition) is 5. The number of para-hydroxylation sites is 1. The first-order valence-electron chi connectivity index (χ1n) is 6.13. The lowest BCUT2D eigenvalue weighted by molar-refractivity contribution is -0.133. The van der Waals surface area contributed by atoms with E-state index in [4.69, 9.17) is 9.84 Å². The van der Waals surface area contributed by atoms with Gasteiger partial charge in [0.05, 0.1) is 18.0 Å². The van der Waals surface area contributed by atoms with Crippen molar-refractivity contribution in [3.05, 3.63) is 52.4 Å². The minimum absolute atomic E-state index is 0.164. The highest BCUT2D eigenvalue weighted by Crippen LogP contribution is 2.21. The lowest BCUT2D eigenvalue weighted by Gasteiger charge is -2.14. The van der Waals surface area contributed by atoms with Crippen molar-refractivity contribution in [2.24, 2.45) is 0 Å². The van der Waals surface area contributed by atoms with Gasteiger partial charge in [-0.2, -0.15) is 4.98 Å².